The first-order valence-electron chi connectivity index (χ1n) is 7.45. The molecule has 0 saturated carbocycles. The van der Waals surface area contributed by atoms with Crippen LogP contribution in [0, 0.1) is 0 Å². The molecule has 0 aliphatic rings. The fraction of sp³-hybridized carbons (Fsp3) is 0.500. The largest absolute Gasteiger partial charge is 0.487 e. The molecule has 0 fully saturated rings. The zero-order chi connectivity index (χ0) is 16.5. The van der Waals surface area contributed by atoms with Crippen molar-refractivity contribution in [2.24, 2.45) is 0 Å². The molecule has 2 aromatic rings. The normalized spacial score (nSPS) is 10.7. The van der Waals surface area contributed by atoms with E-state index in [0.29, 0.717) is 50.4 Å². The van der Waals surface area contributed by atoms with Crippen LogP contribution in [0.3, 0.4) is 0 Å². The summed E-state index contributed by atoms with van der Waals surface area (Å²) in [6, 6.07) is 3.65. The Balaban J connectivity index is 2.34. The van der Waals surface area contributed by atoms with E-state index in [1.807, 2.05) is 19.1 Å². The third-order valence-corrected chi connectivity index (χ3v) is 3.04. The quantitative estimate of drug-likeness (QED) is 0.620. The lowest BCUT2D eigenvalue weighted by Crippen LogP contribution is -2.09. The van der Waals surface area contributed by atoms with Crippen molar-refractivity contribution >= 4 is 10.9 Å². The van der Waals surface area contributed by atoms with Crippen molar-refractivity contribution in [3.8, 4) is 17.4 Å². The van der Waals surface area contributed by atoms with Gasteiger partial charge in [0, 0.05) is 20.3 Å². The molecular formula is C16H22N2O5. The molecule has 0 aliphatic heterocycles. The van der Waals surface area contributed by atoms with Crippen LogP contribution in [0.25, 0.3) is 10.9 Å². The molecule has 0 saturated heterocycles. The first-order valence-corrected chi connectivity index (χ1v) is 7.45. The van der Waals surface area contributed by atoms with Crippen molar-refractivity contribution in [1.29, 1.82) is 0 Å². The van der Waals surface area contributed by atoms with E-state index in [0.717, 1.165) is 10.9 Å². The molecule has 0 aliphatic carbocycles. The van der Waals surface area contributed by atoms with Crippen molar-refractivity contribution in [2.75, 3.05) is 47.3 Å². The van der Waals surface area contributed by atoms with Gasteiger partial charge in [-0.25, -0.2) is 9.97 Å². The maximum Gasteiger partial charge on any atom is 0.224 e. The second-order valence-electron chi connectivity index (χ2n) is 4.61. The molecule has 0 amide bonds. The first-order chi connectivity index (χ1) is 11.3. The third kappa shape index (κ3) is 4.67. The van der Waals surface area contributed by atoms with Gasteiger partial charge in [-0.05, 0) is 13.0 Å². The van der Waals surface area contributed by atoms with Gasteiger partial charge in [-0.2, -0.15) is 0 Å². The summed E-state index contributed by atoms with van der Waals surface area (Å²) in [5, 5.41) is 0.779. The third-order valence-electron chi connectivity index (χ3n) is 3.04. The zero-order valence-electron chi connectivity index (χ0n) is 13.7. The molecule has 126 valence electrons. The first kappa shape index (κ1) is 17.2. The number of hydrogen-bond donors (Lipinski definition) is 0. The van der Waals surface area contributed by atoms with Crippen molar-refractivity contribution in [1.82, 2.24) is 9.97 Å². The Hall–Kier alpha value is -2.12. The van der Waals surface area contributed by atoms with Gasteiger partial charge >= 0.3 is 0 Å². The summed E-state index contributed by atoms with van der Waals surface area (Å²) in [6.07, 6.45) is 1.47. The number of hydrogen-bond acceptors (Lipinski definition) is 7. The standard InChI is InChI=1S/C16H22N2O5/c1-4-21-16-12-9-14(22-7-5-19-2)15(23-8-6-20-3)10-13(12)17-11-18-16/h9-11H,4-8H2,1-3H3. The minimum atomic E-state index is 0.417. The van der Waals surface area contributed by atoms with Gasteiger partial charge in [-0.15, -0.1) is 0 Å². The Labute approximate surface area is 135 Å². The van der Waals surface area contributed by atoms with Crippen molar-refractivity contribution in [3.63, 3.8) is 0 Å². The molecule has 1 aromatic carbocycles. The fourth-order valence-corrected chi connectivity index (χ4v) is 1.99. The van der Waals surface area contributed by atoms with Crippen LogP contribution in [-0.2, 0) is 9.47 Å². The van der Waals surface area contributed by atoms with E-state index < -0.39 is 0 Å². The van der Waals surface area contributed by atoms with Crippen LogP contribution in [0.15, 0.2) is 18.5 Å². The summed E-state index contributed by atoms with van der Waals surface area (Å²) in [4.78, 5) is 8.43. The Morgan fingerprint density at radius 3 is 2.09 bits per heavy atom. The number of aromatic nitrogens is 2. The maximum absolute atomic E-state index is 5.75. The minimum absolute atomic E-state index is 0.417. The van der Waals surface area contributed by atoms with Crippen molar-refractivity contribution < 1.29 is 23.7 Å². The lowest BCUT2D eigenvalue weighted by Gasteiger charge is -2.14. The summed E-state index contributed by atoms with van der Waals surface area (Å²) in [6.45, 7) is 4.25. The van der Waals surface area contributed by atoms with Crippen LogP contribution in [-0.4, -0.2) is 57.2 Å². The summed E-state index contributed by atoms with van der Waals surface area (Å²) < 4.78 is 27.0. The molecule has 7 heteroatoms. The van der Waals surface area contributed by atoms with Gasteiger partial charge in [0.25, 0.3) is 0 Å². The lowest BCUT2D eigenvalue weighted by atomic mass is 10.2. The average molecular weight is 322 g/mol. The number of rotatable bonds is 10. The Morgan fingerprint density at radius 1 is 0.826 bits per heavy atom. The monoisotopic (exact) mass is 322 g/mol. The van der Waals surface area contributed by atoms with E-state index in [1.165, 1.54) is 6.33 Å². The second kappa shape index (κ2) is 9.12. The number of methoxy groups -OCH3 is 2. The van der Waals surface area contributed by atoms with E-state index in [-0.39, 0.29) is 0 Å². The smallest absolute Gasteiger partial charge is 0.224 e. The van der Waals surface area contributed by atoms with Gasteiger partial charge in [-0.3, -0.25) is 0 Å². The van der Waals surface area contributed by atoms with Crippen molar-refractivity contribution in [3.05, 3.63) is 18.5 Å². The maximum atomic E-state index is 5.75. The van der Waals surface area contributed by atoms with Crippen molar-refractivity contribution in [2.45, 2.75) is 6.92 Å². The van der Waals surface area contributed by atoms with E-state index in [9.17, 15) is 0 Å². The number of nitrogens with zero attached hydrogens (tertiary/aromatic N) is 2. The Kier molecular flexibility index (Phi) is 6.83. The van der Waals surface area contributed by atoms with Crippen LogP contribution in [0.1, 0.15) is 6.92 Å². The molecule has 0 spiro atoms. The van der Waals surface area contributed by atoms with Gasteiger partial charge in [0.05, 0.1) is 30.7 Å². The van der Waals surface area contributed by atoms with Gasteiger partial charge in [0.2, 0.25) is 5.88 Å². The molecule has 0 radical (unpaired) electrons. The molecule has 0 N–H and O–H groups in total. The molecule has 1 heterocycles. The second-order valence-corrected chi connectivity index (χ2v) is 4.61. The molecule has 0 unspecified atom stereocenters. The predicted octanol–water partition coefficient (Wildman–Crippen LogP) is 2.08. The highest BCUT2D eigenvalue weighted by Crippen LogP contribution is 2.34. The highest BCUT2D eigenvalue weighted by molar-refractivity contribution is 5.86. The van der Waals surface area contributed by atoms with Crippen LogP contribution in [0.4, 0.5) is 0 Å². The van der Waals surface area contributed by atoms with Gasteiger partial charge < -0.3 is 23.7 Å². The predicted molar refractivity (Wildman–Crippen MR) is 85.4 cm³/mol. The average Bonchev–Trinajstić information content (AvgIpc) is 2.56. The molecule has 0 bridgehead atoms. The number of benzene rings is 1. The minimum Gasteiger partial charge on any atom is -0.487 e. The summed E-state index contributed by atoms with van der Waals surface area (Å²) >= 11 is 0. The molecule has 0 atom stereocenters. The van der Waals surface area contributed by atoms with E-state index >= 15 is 0 Å². The summed E-state index contributed by atoms with van der Waals surface area (Å²) in [7, 11) is 3.25. The highest BCUT2D eigenvalue weighted by Gasteiger charge is 2.13. The van der Waals surface area contributed by atoms with Gasteiger partial charge in [0.1, 0.15) is 19.5 Å². The molecule has 7 nitrogen and oxygen atoms in total. The summed E-state index contributed by atoms with van der Waals surface area (Å²) in [5.74, 6) is 1.73. The number of fused-ring (bicyclic) bond motifs is 1. The zero-order valence-corrected chi connectivity index (χ0v) is 13.7. The van der Waals surface area contributed by atoms with Crippen LogP contribution < -0.4 is 14.2 Å². The summed E-state index contributed by atoms with van der Waals surface area (Å²) in [5.41, 5.74) is 0.731. The molecule has 2 rings (SSSR count). The van der Waals surface area contributed by atoms with E-state index in [2.05, 4.69) is 9.97 Å². The van der Waals surface area contributed by atoms with Gasteiger partial charge in [0.15, 0.2) is 11.5 Å². The molecule has 1 aromatic heterocycles. The SMILES string of the molecule is CCOc1ncnc2cc(OCCOC)c(OCCOC)cc12. The lowest BCUT2D eigenvalue weighted by molar-refractivity contribution is 0.132. The van der Waals surface area contributed by atoms with Gasteiger partial charge in [-0.1, -0.05) is 0 Å². The van der Waals surface area contributed by atoms with Crippen LogP contribution in [0.2, 0.25) is 0 Å². The van der Waals surface area contributed by atoms with Crippen LogP contribution in [0.5, 0.6) is 17.4 Å². The fourth-order valence-electron chi connectivity index (χ4n) is 1.99. The topological polar surface area (TPSA) is 71.9 Å². The molecular weight excluding hydrogens is 300 g/mol. The number of ether oxygens (including phenoxy) is 5. The highest BCUT2D eigenvalue weighted by atomic mass is 16.5. The van der Waals surface area contributed by atoms with E-state index in [1.54, 1.807) is 14.2 Å². The van der Waals surface area contributed by atoms with E-state index in [4.69, 9.17) is 23.7 Å². The molecule has 23 heavy (non-hydrogen) atoms. The Morgan fingerprint density at radius 2 is 1.48 bits per heavy atom. The Bertz CT molecular complexity index is 621. The van der Waals surface area contributed by atoms with Crippen LogP contribution >= 0.6 is 0 Å².